The molecule has 1 saturated heterocycles. The molecular formula is C26H29N7O2S. The Kier molecular flexibility index (Phi) is 6.65. The number of benzene rings is 1. The summed E-state index contributed by atoms with van der Waals surface area (Å²) in [4.78, 5) is 22.6. The van der Waals surface area contributed by atoms with Gasteiger partial charge in [0.2, 0.25) is 0 Å². The van der Waals surface area contributed by atoms with Gasteiger partial charge in [-0.1, -0.05) is 12.1 Å². The van der Waals surface area contributed by atoms with E-state index in [2.05, 4.69) is 21.4 Å². The molecule has 186 valence electrons. The van der Waals surface area contributed by atoms with Crippen molar-refractivity contribution in [2.45, 2.75) is 18.9 Å². The topological polar surface area (TPSA) is 115 Å². The van der Waals surface area contributed by atoms with Crippen LogP contribution in [0.15, 0.2) is 53.7 Å². The molecule has 5 rings (SSSR count). The van der Waals surface area contributed by atoms with E-state index in [9.17, 15) is 9.35 Å². The summed E-state index contributed by atoms with van der Waals surface area (Å²) in [6.07, 6.45) is 10.0. The van der Waals surface area contributed by atoms with Gasteiger partial charge >= 0.3 is 5.69 Å². The highest BCUT2D eigenvalue weighted by Gasteiger charge is 2.30. The van der Waals surface area contributed by atoms with E-state index in [1.165, 1.54) is 6.21 Å². The Morgan fingerprint density at radius 1 is 1.22 bits per heavy atom. The number of nitrogens with one attached hydrogen (secondary N) is 2. The molecule has 10 heteroatoms. The Hall–Kier alpha value is -3.47. The van der Waals surface area contributed by atoms with Crippen LogP contribution in [0.3, 0.4) is 0 Å². The van der Waals surface area contributed by atoms with Crippen molar-refractivity contribution in [3.8, 4) is 11.1 Å². The van der Waals surface area contributed by atoms with Crippen LogP contribution in [0, 0.1) is 5.41 Å². The lowest BCUT2D eigenvalue weighted by molar-refractivity contribution is 0.267. The summed E-state index contributed by atoms with van der Waals surface area (Å²) >= 11 is -1.07. The van der Waals surface area contributed by atoms with Crippen LogP contribution in [0.25, 0.3) is 38.6 Å². The van der Waals surface area contributed by atoms with Crippen molar-refractivity contribution in [1.29, 1.82) is 5.41 Å². The van der Waals surface area contributed by atoms with Gasteiger partial charge in [-0.25, -0.2) is 4.79 Å². The van der Waals surface area contributed by atoms with Crippen molar-refractivity contribution in [3.05, 3.63) is 65.1 Å². The fourth-order valence-corrected chi connectivity index (χ4v) is 5.76. The van der Waals surface area contributed by atoms with Crippen LogP contribution >= 0.6 is 0 Å². The van der Waals surface area contributed by atoms with Gasteiger partial charge in [-0.15, -0.1) is 4.31 Å². The molecule has 1 aromatic carbocycles. The third-order valence-electron chi connectivity index (χ3n) is 6.85. The monoisotopic (exact) mass is 503 g/mol. The molecule has 9 nitrogen and oxygen atoms in total. The summed E-state index contributed by atoms with van der Waals surface area (Å²) in [6, 6.07) is 9.86. The van der Waals surface area contributed by atoms with Crippen LogP contribution in [0.5, 0.6) is 0 Å². The van der Waals surface area contributed by atoms with Gasteiger partial charge in [0.15, 0.2) is 0 Å². The summed E-state index contributed by atoms with van der Waals surface area (Å²) in [6.45, 7) is 1.35. The largest absolute Gasteiger partial charge is 0.598 e. The molecule has 4 heterocycles. The molecule has 1 aliphatic rings. The molecule has 0 aliphatic carbocycles. The van der Waals surface area contributed by atoms with E-state index in [4.69, 9.17) is 5.41 Å². The number of fused-ring (bicyclic) bond motifs is 3. The molecule has 0 saturated carbocycles. The number of hydrogen-bond donors (Lipinski definition) is 2. The lowest BCUT2D eigenvalue weighted by Gasteiger charge is -2.31. The normalized spacial score (nSPS) is 18.0. The van der Waals surface area contributed by atoms with Crippen molar-refractivity contribution in [3.63, 3.8) is 0 Å². The zero-order valence-electron chi connectivity index (χ0n) is 20.6. The van der Waals surface area contributed by atoms with E-state index in [0.29, 0.717) is 17.8 Å². The highest BCUT2D eigenvalue weighted by atomic mass is 32.2. The molecular weight excluding hydrogens is 474 g/mol. The van der Waals surface area contributed by atoms with E-state index in [0.717, 1.165) is 52.4 Å². The van der Waals surface area contributed by atoms with E-state index < -0.39 is 11.4 Å². The third-order valence-corrected chi connectivity index (χ3v) is 7.91. The van der Waals surface area contributed by atoms with Crippen molar-refractivity contribution < 1.29 is 4.55 Å². The van der Waals surface area contributed by atoms with Gasteiger partial charge in [0, 0.05) is 67.1 Å². The van der Waals surface area contributed by atoms with Gasteiger partial charge in [-0.2, -0.15) is 0 Å². The highest BCUT2D eigenvalue weighted by molar-refractivity contribution is 7.88. The first kappa shape index (κ1) is 24.2. The van der Waals surface area contributed by atoms with Crippen LogP contribution in [-0.4, -0.2) is 60.6 Å². The van der Waals surface area contributed by atoms with Gasteiger partial charge in [0.1, 0.15) is 6.26 Å². The molecule has 0 bridgehead atoms. The number of rotatable bonds is 6. The second-order valence-electron chi connectivity index (χ2n) is 9.01. The highest BCUT2D eigenvalue weighted by Crippen LogP contribution is 2.32. The van der Waals surface area contributed by atoms with Gasteiger partial charge < -0.3 is 15.3 Å². The average molecular weight is 504 g/mol. The van der Waals surface area contributed by atoms with Crippen LogP contribution in [0.4, 0.5) is 0 Å². The second-order valence-corrected chi connectivity index (χ2v) is 10.4. The van der Waals surface area contributed by atoms with Crippen molar-refractivity contribution in [1.82, 2.24) is 28.7 Å². The number of hydrogen-bond acceptors (Lipinski definition) is 7. The lowest BCUT2D eigenvalue weighted by Crippen LogP contribution is -2.42. The van der Waals surface area contributed by atoms with E-state index in [1.807, 2.05) is 33.1 Å². The van der Waals surface area contributed by atoms with Gasteiger partial charge in [0.25, 0.3) is 0 Å². The molecule has 3 aromatic heterocycles. The average Bonchev–Trinajstić information content (AvgIpc) is 3.17. The summed E-state index contributed by atoms with van der Waals surface area (Å²) in [5, 5.41) is 11.5. The maximum Gasteiger partial charge on any atom is 0.329 e. The van der Waals surface area contributed by atoms with E-state index in [1.54, 1.807) is 43.5 Å². The minimum absolute atomic E-state index is 0.0624. The van der Waals surface area contributed by atoms with Crippen molar-refractivity contribution in [2.24, 2.45) is 7.05 Å². The Morgan fingerprint density at radius 3 is 2.72 bits per heavy atom. The molecule has 2 atom stereocenters. The summed E-state index contributed by atoms with van der Waals surface area (Å²) in [7, 11) is 3.57. The summed E-state index contributed by atoms with van der Waals surface area (Å²) in [5.74, 6) is 0. The summed E-state index contributed by atoms with van der Waals surface area (Å²) in [5.41, 5.74) is 5.66. The van der Waals surface area contributed by atoms with Crippen molar-refractivity contribution in [2.75, 3.05) is 26.4 Å². The maximum absolute atomic E-state index is 13.4. The van der Waals surface area contributed by atoms with Crippen LogP contribution in [0.2, 0.25) is 0 Å². The summed E-state index contributed by atoms with van der Waals surface area (Å²) < 4.78 is 17.6. The third kappa shape index (κ3) is 4.21. The second kappa shape index (κ2) is 9.88. The minimum Gasteiger partial charge on any atom is -0.598 e. The smallest absolute Gasteiger partial charge is 0.329 e. The number of nitrogens with zero attached hydrogens (tertiary/aromatic N) is 5. The van der Waals surface area contributed by atoms with Crippen molar-refractivity contribution >= 4 is 45.1 Å². The molecule has 4 aromatic rings. The predicted molar refractivity (Wildman–Crippen MR) is 145 cm³/mol. The zero-order valence-corrected chi connectivity index (χ0v) is 21.4. The zero-order chi connectivity index (χ0) is 25.4. The fraction of sp³-hybridized carbons (Fsp3) is 0.308. The van der Waals surface area contributed by atoms with E-state index in [-0.39, 0.29) is 11.7 Å². The van der Waals surface area contributed by atoms with Gasteiger partial charge in [-0.3, -0.25) is 19.1 Å². The number of allylic oxidation sites excluding steroid dienone is 1. The molecule has 1 aliphatic heterocycles. The standard InChI is InChI=1S/C26H29N7O2S/c1-28-13-19(12-27)22-8-7-18(14-29-22)17-6-9-23-21(11-17)25-24(15-30-23)31(2)26(34)33(25)20-5-4-10-32(16-20)36(3)35/h6-9,11-15,20,27-28H,4-5,10,16H2,1-3H3/b19-13+,27-12?. The first-order valence-corrected chi connectivity index (χ1v) is 13.4. The van der Waals surface area contributed by atoms with Crippen LogP contribution < -0.4 is 11.0 Å². The van der Waals surface area contributed by atoms with Gasteiger partial charge in [0.05, 0.1) is 41.0 Å². The van der Waals surface area contributed by atoms with E-state index >= 15 is 0 Å². The SMILES string of the molecule is CN/C=C(\C=N)c1ccc(-c2ccc3ncc4c(c3c2)n(C2CCCN([S+](C)[O-])C2)c(=O)n4C)cn1. The Morgan fingerprint density at radius 2 is 2.03 bits per heavy atom. The number of imidazole rings is 1. The molecule has 0 spiro atoms. The number of pyridine rings is 2. The molecule has 0 amide bonds. The first-order valence-electron chi connectivity index (χ1n) is 11.9. The fourth-order valence-electron chi connectivity index (χ4n) is 4.99. The van der Waals surface area contributed by atoms with Gasteiger partial charge in [-0.05, 0) is 36.6 Å². The molecule has 2 unspecified atom stereocenters. The molecule has 36 heavy (non-hydrogen) atoms. The lowest BCUT2D eigenvalue weighted by atomic mass is 10.0. The Balaban J connectivity index is 1.64. The number of aryl methyl sites for hydroxylation is 1. The minimum atomic E-state index is -1.07. The number of piperidine rings is 1. The molecule has 0 radical (unpaired) electrons. The maximum atomic E-state index is 13.4. The van der Waals surface area contributed by atoms with Crippen LogP contribution in [0.1, 0.15) is 24.6 Å². The quantitative estimate of drug-likeness (QED) is 0.309. The Bertz CT molecular complexity index is 1520. The molecule has 1 fully saturated rings. The Labute approximate surface area is 212 Å². The number of aromatic nitrogens is 4. The molecule has 2 N–H and O–H groups in total. The first-order chi connectivity index (χ1) is 17.4. The van der Waals surface area contributed by atoms with Crippen LogP contribution in [-0.2, 0) is 18.4 Å². The predicted octanol–water partition coefficient (Wildman–Crippen LogP) is 3.09.